The molecule has 0 amide bonds. The van der Waals surface area contributed by atoms with Crippen molar-refractivity contribution in [2.24, 2.45) is 0 Å². The predicted octanol–water partition coefficient (Wildman–Crippen LogP) is 3.18. The number of aromatic amines is 1. The second-order valence-electron chi connectivity index (χ2n) is 4.11. The Morgan fingerprint density at radius 1 is 1.44 bits per heavy atom. The number of hydrogen-bond donors (Lipinski definition) is 1. The summed E-state index contributed by atoms with van der Waals surface area (Å²) in [6, 6.07) is 6.39. The number of nitrogens with one attached hydrogen (secondary N) is 1. The highest BCUT2D eigenvalue weighted by molar-refractivity contribution is 7.71. The van der Waals surface area contributed by atoms with Crippen molar-refractivity contribution in [2.45, 2.75) is 13.5 Å². The summed E-state index contributed by atoms with van der Waals surface area (Å²) in [5.41, 5.74) is 2.32. The number of aryl methyl sites for hydroxylation is 1. The molecule has 2 heterocycles. The molecule has 0 aliphatic rings. The summed E-state index contributed by atoms with van der Waals surface area (Å²) in [6.45, 7) is 2.34. The summed E-state index contributed by atoms with van der Waals surface area (Å²) in [5, 5.41) is 3.93. The van der Waals surface area contributed by atoms with Gasteiger partial charge < -0.3 is 14.1 Å². The minimum absolute atomic E-state index is 0.289. The number of hydrogen-bond acceptors (Lipinski definition) is 3. The standard InChI is InChI=1S/C12H10FN3OS/c1-7-4-9(15-17-7)6-16-11-3-2-8(13)5-10(11)14-12(16)18/h2-5H,6H2,1H3,(H,14,18). The molecule has 92 valence electrons. The van der Waals surface area contributed by atoms with Gasteiger partial charge in [0.25, 0.3) is 0 Å². The second-order valence-corrected chi connectivity index (χ2v) is 4.49. The summed E-state index contributed by atoms with van der Waals surface area (Å²) in [4.78, 5) is 2.97. The first-order valence-corrected chi connectivity index (χ1v) is 5.84. The molecule has 0 saturated heterocycles. The molecule has 2 aromatic heterocycles. The molecule has 0 spiro atoms. The molecule has 6 heteroatoms. The van der Waals surface area contributed by atoms with Crippen LogP contribution in [-0.2, 0) is 6.54 Å². The molecule has 0 atom stereocenters. The molecule has 1 aromatic carbocycles. The van der Waals surface area contributed by atoms with Gasteiger partial charge in [-0.3, -0.25) is 0 Å². The van der Waals surface area contributed by atoms with Gasteiger partial charge in [-0.05, 0) is 37.3 Å². The van der Waals surface area contributed by atoms with Gasteiger partial charge in [0.05, 0.1) is 17.6 Å². The number of nitrogens with zero attached hydrogens (tertiary/aromatic N) is 2. The van der Waals surface area contributed by atoms with E-state index in [0.29, 0.717) is 16.8 Å². The first-order valence-electron chi connectivity index (χ1n) is 5.44. The normalized spacial score (nSPS) is 11.2. The van der Waals surface area contributed by atoms with E-state index in [2.05, 4.69) is 10.1 Å². The van der Waals surface area contributed by atoms with E-state index in [1.807, 2.05) is 17.6 Å². The first-order chi connectivity index (χ1) is 8.63. The van der Waals surface area contributed by atoms with Crippen molar-refractivity contribution < 1.29 is 8.91 Å². The average Bonchev–Trinajstić information content (AvgIpc) is 2.84. The third-order valence-corrected chi connectivity index (χ3v) is 3.06. The number of rotatable bonds is 2. The van der Waals surface area contributed by atoms with Crippen LogP contribution in [0.5, 0.6) is 0 Å². The van der Waals surface area contributed by atoms with E-state index in [0.717, 1.165) is 17.0 Å². The molecule has 0 saturated carbocycles. The third kappa shape index (κ3) is 1.84. The van der Waals surface area contributed by atoms with E-state index in [4.69, 9.17) is 16.7 Å². The molecule has 0 aliphatic carbocycles. The Kier molecular flexibility index (Phi) is 2.52. The molecule has 0 fully saturated rings. The number of halogens is 1. The third-order valence-electron chi connectivity index (χ3n) is 2.73. The first kappa shape index (κ1) is 11.2. The van der Waals surface area contributed by atoms with E-state index < -0.39 is 0 Å². The largest absolute Gasteiger partial charge is 0.361 e. The van der Waals surface area contributed by atoms with Crippen LogP contribution in [0.3, 0.4) is 0 Å². The van der Waals surface area contributed by atoms with Gasteiger partial charge >= 0.3 is 0 Å². The lowest BCUT2D eigenvalue weighted by Crippen LogP contribution is -1.99. The van der Waals surface area contributed by atoms with E-state index in [1.54, 1.807) is 6.07 Å². The molecular formula is C12H10FN3OS. The van der Waals surface area contributed by atoms with Gasteiger partial charge in [0.2, 0.25) is 0 Å². The van der Waals surface area contributed by atoms with E-state index in [-0.39, 0.29) is 5.82 Å². The Morgan fingerprint density at radius 2 is 2.28 bits per heavy atom. The van der Waals surface area contributed by atoms with Crippen molar-refractivity contribution >= 4 is 23.3 Å². The lowest BCUT2D eigenvalue weighted by Gasteiger charge is -2.00. The highest BCUT2D eigenvalue weighted by atomic mass is 32.1. The van der Waals surface area contributed by atoms with Crippen LogP contribution in [0, 0.1) is 17.5 Å². The number of aromatic nitrogens is 3. The topological polar surface area (TPSA) is 46.8 Å². The number of benzene rings is 1. The maximum atomic E-state index is 13.1. The molecule has 3 aromatic rings. The van der Waals surface area contributed by atoms with Crippen molar-refractivity contribution in [1.29, 1.82) is 0 Å². The van der Waals surface area contributed by atoms with Crippen molar-refractivity contribution in [3.8, 4) is 0 Å². The lowest BCUT2D eigenvalue weighted by atomic mass is 10.3. The molecule has 18 heavy (non-hydrogen) atoms. The number of fused-ring (bicyclic) bond motifs is 1. The van der Waals surface area contributed by atoms with Crippen molar-refractivity contribution in [3.63, 3.8) is 0 Å². The zero-order valence-electron chi connectivity index (χ0n) is 9.61. The quantitative estimate of drug-likeness (QED) is 0.722. The van der Waals surface area contributed by atoms with Crippen LogP contribution in [-0.4, -0.2) is 14.7 Å². The van der Waals surface area contributed by atoms with E-state index in [9.17, 15) is 4.39 Å². The predicted molar refractivity (Wildman–Crippen MR) is 67.4 cm³/mol. The Hall–Kier alpha value is -1.95. The maximum Gasteiger partial charge on any atom is 0.178 e. The molecule has 1 N–H and O–H groups in total. The van der Waals surface area contributed by atoms with Gasteiger partial charge in [-0.15, -0.1) is 0 Å². The molecule has 4 nitrogen and oxygen atoms in total. The Balaban J connectivity index is 2.11. The summed E-state index contributed by atoms with van der Waals surface area (Å²) >= 11 is 5.23. The Labute approximate surface area is 107 Å². The summed E-state index contributed by atoms with van der Waals surface area (Å²) in [5.74, 6) is 0.464. The van der Waals surface area contributed by atoms with Crippen molar-refractivity contribution in [2.75, 3.05) is 0 Å². The zero-order chi connectivity index (χ0) is 12.7. The monoisotopic (exact) mass is 263 g/mol. The van der Waals surface area contributed by atoms with Gasteiger partial charge in [0.1, 0.15) is 17.3 Å². The summed E-state index contributed by atoms with van der Waals surface area (Å²) < 4.78 is 20.5. The maximum absolute atomic E-state index is 13.1. The Bertz CT molecular complexity index is 771. The van der Waals surface area contributed by atoms with Crippen LogP contribution < -0.4 is 0 Å². The fourth-order valence-electron chi connectivity index (χ4n) is 1.95. The minimum Gasteiger partial charge on any atom is -0.361 e. The highest BCUT2D eigenvalue weighted by Crippen LogP contribution is 2.17. The van der Waals surface area contributed by atoms with Gasteiger partial charge in [-0.1, -0.05) is 5.16 Å². The van der Waals surface area contributed by atoms with Crippen LogP contribution in [0.25, 0.3) is 11.0 Å². The lowest BCUT2D eigenvalue weighted by molar-refractivity contribution is 0.389. The minimum atomic E-state index is -0.289. The van der Waals surface area contributed by atoms with Crippen LogP contribution in [0.1, 0.15) is 11.5 Å². The Morgan fingerprint density at radius 3 is 3.00 bits per heavy atom. The van der Waals surface area contributed by atoms with E-state index >= 15 is 0 Å². The van der Waals surface area contributed by atoms with E-state index in [1.165, 1.54) is 12.1 Å². The van der Waals surface area contributed by atoms with Gasteiger partial charge in [0.15, 0.2) is 4.77 Å². The fourth-order valence-corrected chi connectivity index (χ4v) is 2.22. The SMILES string of the molecule is Cc1cc(Cn2c(=S)[nH]c3cc(F)ccc32)no1. The number of imidazole rings is 1. The second kappa shape index (κ2) is 4.06. The van der Waals surface area contributed by atoms with Crippen LogP contribution in [0.4, 0.5) is 4.39 Å². The molecule has 0 bridgehead atoms. The van der Waals surface area contributed by atoms with Gasteiger partial charge in [-0.2, -0.15) is 0 Å². The fraction of sp³-hybridized carbons (Fsp3) is 0.167. The smallest absolute Gasteiger partial charge is 0.178 e. The van der Waals surface area contributed by atoms with Crippen LogP contribution in [0.15, 0.2) is 28.8 Å². The molecule has 0 unspecified atom stereocenters. The molecular weight excluding hydrogens is 253 g/mol. The van der Waals surface area contributed by atoms with Crippen LogP contribution in [0.2, 0.25) is 0 Å². The zero-order valence-corrected chi connectivity index (χ0v) is 10.4. The van der Waals surface area contributed by atoms with Crippen LogP contribution >= 0.6 is 12.2 Å². The van der Waals surface area contributed by atoms with Gasteiger partial charge in [0, 0.05) is 6.07 Å². The van der Waals surface area contributed by atoms with Crippen molar-refractivity contribution in [3.05, 3.63) is 46.3 Å². The summed E-state index contributed by atoms with van der Waals surface area (Å²) in [7, 11) is 0. The number of H-pyrrole nitrogens is 1. The highest BCUT2D eigenvalue weighted by Gasteiger charge is 2.08. The molecule has 0 aliphatic heterocycles. The molecule has 0 radical (unpaired) electrons. The summed E-state index contributed by atoms with van der Waals surface area (Å²) in [6.07, 6.45) is 0. The van der Waals surface area contributed by atoms with Gasteiger partial charge in [-0.25, -0.2) is 4.39 Å². The molecule has 3 rings (SSSR count). The van der Waals surface area contributed by atoms with Crippen molar-refractivity contribution in [1.82, 2.24) is 14.7 Å². The average molecular weight is 263 g/mol.